The number of hydrogen-bond donors (Lipinski definition) is 7. The number of rotatable bonds is 31. The van der Waals surface area contributed by atoms with E-state index in [2.05, 4.69) is 45.1 Å². The molecule has 27 nitrogen and oxygen atoms in total. The Kier molecular flexibility index (Phi) is 21.7. The highest BCUT2D eigenvalue weighted by molar-refractivity contribution is 7.85. The number of amides is 7. The van der Waals surface area contributed by atoms with Crippen LogP contribution < -0.4 is 31.9 Å². The maximum atomic E-state index is 13.9. The molecule has 6 heterocycles. The minimum Gasteiger partial charge on any atom is -0.476 e. The van der Waals surface area contributed by atoms with Crippen molar-refractivity contribution < 1.29 is 65.9 Å². The lowest BCUT2D eigenvalue weighted by Gasteiger charge is -2.69. The Morgan fingerprint density at radius 1 is 0.830 bits per heavy atom. The number of pyridine rings is 2. The molecule has 2 aromatic carbocycles. The maximum Gasteiger partial charge on any atom is 0.410 e. The van der Waals surface area contributed by atoms with E-state index in [1.165, 1.54) is 28.4 Å². The molecule has 2 unspecified atom stereocenters. The number of unbranched alkanes of at least 4 members (excludes halogenated alkanes) is 2. The van der Waals surface area contributed by atoms with Gasteiger partial charge in [-0.15, -0.1) is 0 Å². The number of anilines is 3. The van der Waals surface area contributed by atoms with Crippen molar-refractivity contribution in [2.24, 2.45) is 27.9 Å². The quantitative estimate of drug-likeness (QED) is 0.0122. The summed E-state index contributed by atoms with van der Waals surface area (Å²) in [7, 11) is -4.49. The van der Waals surface area contributed by atoms with Crippen LogP contribution in [0.25, 0.3) is 21.5 Å². The van der Waals surface area contributed by atoms with Crippen molar-refractivity contribution in [3.63, 3.8) is 0 Å². The van der Waals surface area contributed by atoms with Crippen LogP contribution in [0.1, 0.15) is 148 Å². The van der Waals surface area contributed by atoms with Gasteiger partial charge in [0, 0.05) is 92.1 Å². The first-order chi connectivity index (χ1) is 47.6. The van der Waals surface area contributed by atoms with Crippen LogP contribution in [-0.2, 0) is 69.7 Å². The molecule has 4 saturated carbocycles. The minimum absolute atomic E-state index is 0.0425. The van der Waals surface area contributed by atoms with Gasteiger partial charge in [0.2, 0.25) is 17.7 Å². The van der Waals surface area contributed by atoms with Crippen molar-refractivity contribution in [1.82, 2.24) is 45.2 Å². The minimum atomic E-state index is -4.49. The highest BCUT2D eigenvalue weighted by atomic mass is 32.2. The number of imide groups is 1. The number of hydrogen-bond acceptors (Lipinski definition) is 19. The smallest absolute Gasteiger partial charge is 0.410 e. The van der Waals surface area contributed by atoms with E-state index in [-0.39, 0.29) is 104 Å². The van der Waals surface area contributed by atoms with E-state index < -0.39 is 57.4 Å². The molecule has 0 radical (unpaired) electrons. The van der Waals surface area contributed by atoms with Crippen LogP contribution in [0, 0.1) is 29.1 Å². The van der Waals surface area contributed by atoms with E-state index in [1.807, 2.05) is 40.8 Å². The molecule has 532 valence electrons. The van der Waals surface area contributed by atoms with Gasteiger partial charge in [0.1, 0.15) is 34.9 Å². The fraction of sp³-hybridized carbons (Fsp3) is 0.493. The number of nitrogens with zero attached hydrogens (tertiary/aromatic N) is 8. The molecule has 4 aromatic heterocycles. The summed E-state index contributed by atoms with van der Waals surface area (Å²) in [4.78, 5) is 124. The fourth-order valence-electron chi connectivity index (χ4n) is 16.4. The Morgan fingerprint density at radius 2 is 1.58 bits per heavy atom. The summed E-state index contributed by atoms with van der Waals surface area (Å²) in [6.45, 7) is 11.4. The van der Waals surface area contributed by atoms with Crippen molar-refractivity contribution in [2.45, 2.75) is 155 Å². The number of carboxylic acid groups (broad SMARTS) is 1. The summed E-state index contributed by atoms with van der Waals surface area (Å²) in [5.41, 5.74) is 10.4. The summed E-state index contributed by atoms with van der Waals surface area (Å²) in [5, 5.41) is 27.4. The molecule has 29 heteroatoms. The summed E-state index contributed by atoms with van der Waals surface area (Å²) < 4.78 is 48.7. The van der Waals surface area contributed by atoms with Crippen LogP contribution in [0.15, 0.2) is 91.3 Å². The molecule has 6 aromatic rings. The number of aromatic nitrogens is 5. The lowest BCUT2D eigenvalue weighted by molar-refractivity contribution is -0.248. The average Bonchev–Trinajstić information content (AvgIpc) is 0.717. The standard InChI is InChI=1S/C71H87N13O14S2/c1-44(2)59(79-56(85)16-7-6-8-28-83-57(86)23-24-58(83)87)63(90)76-53(14-10-26-72)62(89)75-48-19-17-46(18-20-48)36-97-67(93)81(31-33-100(94,95)96)30-32-98-71-40-68(4)37-69(5,41-71)39-70(38-68,42-71)43-84-45(3)51(34-74-84)49-21-22-55(78-60(49)65(91)92)82-29-25-47-12-9-13-50(52(47)35-82)61(88)80-66-77-54-15-11-27-73-64(54)99-66/h9,11-13,15,17-24,27,34,44,53,59H,6-8,10,14,16,25-26,28-33,35-43,72H2,1-5H3,(H,75,89)(H,76,90)(H,79,85)(H,91,92)(H,77,80,88)(H,94,95,96)/t53-,59-,68?,69?,70?,71?/m0/s1. The van der Waals surface area contributed by atoms with E-state index in [9.17, 15) is 56.4 Å². The second kappa shape index (κ2) is 30.0. The molecule has 6 aliphatic rings. The van der Waals surface area contributed by atoms with Crippen LogP contribution in [0.2, 0.25) is 0 Å². The van der Waals surface area contributed by atoms with Gasteiger partial charge in [-0.2, -0.15) is 13.5 Å². The molecule has 4 atom stereocenters. The molecule has 8 N–H and O–H groups in total. The molecule has 0 spiro atoms. The number of fused-ring (bicyclic) bond motifs is 2. The SMILES string of the molecule is Cc1c(-c2ccc(N3CCc4cccc(C(=O)Nc5nc6cccnc6s5)c4C3)nc2C(=O)O)cnn1CC12CC3(C)CC(C)(C1)CC(OCCN(CCS(=O)(=O)O)C(=O)OCc1ccc(NC(=O)[C@H](CCCN)NC(=O)[C@@H](NC(=O)CCCCCN4C(=O)C=CC4=O)C(C)C)cc1)(C3)C2. The highest BCUT2D eigenvalue weighted by Gasteiger charge is 2.66. The predicted molar refractivity (Wildman–Crippen MR) is 373 cm³/mol. The van der Waals surface area contributed by atoms with Crippen molar-refractivity contribution >= 4 is 95.9 Å². The molecular formula is C71H87N13O14S2. The third-order valence-corrected chi connectivity index (χ3v) is 21.4. The number of thiazole rings is 1. The second-order valence-electron chi connectivity index (χ2n) is 28.6. The first kappa shape index (κ1) is 72.2. The molecule has 4 bridgehead atoms. The number of ether oxygens (including phenoxy) is 2. The number of carboxylic acids is 1. The predicted octanol–water partition coefficient (Wildman–Crippen LogP) is 8.22. The van der Waals surface area contributed by atoms with E-state index in [1.54, 1.807) is 68.7 Å². The monoisotopic (exact) mass is 1410 g/mol. The first-order valence-electron chi connectivity index (χ1n) is 34.0. The zero-order valence-corrected chi connectivity index (χ0v) is 58.6. The summed E-state index contributed by atoms with van der Waals surface area (Å²) in [6.07, 6.45) is 12.9. The van der Waals surface area contributed by atoms with E-state index >= 15 is 0 Å². The molecule has 7 amide bonds. The molecule has 100 heavy (non-hydrogen) atoms. The molecular weight excluding hydrogens is 1320 g/mol. The number of benzene rings is 2. The van der Waals surface area contributed by atoms with Crippen molar-refractivity contribution in [2.75, 3.05) is 60.6 Å². The third-order valence-electron chi connectivity index (χ3n) is 19.9. The van der Waals surface area contributed by atoms with Crippen molar-refractivity contribution in [3.05, 3.63) is 125 Å². The molecule has 12 rings (SSSR count). The fourth-order valence-corrected chi connectivity index (χ4v) is 17.6. The average molecular weight is 1410 g/mol. The Bertz CT molecular complexity index is 4200. The second-order valence-corrected chi connectivity index (χ2v) is 31.1. The number of nitrogens with two attached hydrogens (primary N) is 1. The van der Waals surface area contributed by atoms with Gasteiger partial charge in [-0.1, -0.05) is 69.7 Å². The summed E-state index contributed by atoms with van der Waals surface area (Å²) >= 11 is 1.29. The number of carbonyl (C=O) groups excluding carboxylic acids is 7. The van der Waals surface area contributed by atoms with Gasteiger partial charge in [-0.3, -0.25) is 48.2 Å². The van der Waals surface area contributed by atoms with Gasteiger partial charge >= 0.3 is 12.1 Å². The van der Waals surface area contributed by atoms with Gasteiger partial charge in [-0.05, 0) is 165 Å². The number of aromatic carboxylic acids is 1. The Labute approximate surface area is 584 Å². The zero-order valence-electron chi connectivity index (χ0n) is 56.9. The van der Waals surface area contributed by atoms with Crippen molar-refractivity contribution in [3.8, 4) is 11.1 Å². The largest absolute Gasteiger partial charge is 0.476 e. The lowest BCUT2D eigenvalue weighted by Crippen LogP contribution is -2.64. The van der Waals surface area contributed by atoms with Gasteiger partial charge in [-0.25, -0.2) is 24.5 Å². The van der Waals surface area contributed by atoms with Gasteiger partial charge in [0.15, 0.2) is 10.8 Å². The van der Waals surface area contributed by atoms with Crippen LogP contribution in [-0.4, -0.2) is 163 Å². The van der Waals surface area contributed by atoms with Gasteiger partial charge in [0.25, 0.3) is 27.8 Å². The molecule has 4 fully saturated rings. The van der Waals surface area contributed by atoms with Crippen LogP contribution in [0.3, 0.4) is 0 Å². The summed E-state index contributed by atoms with van der Waals surface area (Å²) in [6, 6.07) is 17.4. The van der Waals surface area contributed by atoms with Crippen LogP contribution in [0.4, 0.5) is 21.4 Å². The Morgan fingerprint density at radius 3 is 2.28 bits per heavy atom. The molecule has 2 aliphatic heterocycles. The zero-order chi connectivity index (χ0) is 71.3. The van der Waals surface area contributed by atoms with E-state index in [0.717, 1.165) is 53.8 Å². The Balaban J connectivity index is 0.692. The number of nitrogens with one attached hydrogen (secondary N) is 4. The summed E-state index contributed by atoms with van der Waals surface area (Å²) in [5.74, 6) is -4.26. The molecule has 0 saturated heterocycles. The van der Waals surface area contributed by atoms with E-state index in [4.69, 9.17) is 25.3 Å². The normalized spacial score (nSPS) is 21.3. The lowest BCUT2D eigenvalue weighted by atomic mass is 9.39. The topological polar surface area (TPSA) is 370 Å². The van der Waals surface area contributed by atoms with Gasteiger partial charge in [0.05, 0.1) is 24.2 Å². The third kappa shape index (κ3) is 17.0. The van der Waals surface area contributed by atoms with Crippen LogP contribution >= 0.6 is 11.3 Å². The number of carbonyl (C=O) groups is 8. The van der Waals surface area contributed by atoms with Crippen LogP contribution in [0.5, 0.6) is 0 Å². The first-order valence-corrected chi connectivity index (χ1v) is 36.4. The highest BCUT2D eigenvalue weighted by Crippen LogP contribution is 2.72. The van der Waals surface area contributed by atoms with Crippen molar-refractivity contribution in [1.29, 1.82) is 0 Å². The molecule has 4 aliphatic carbocycles. The Hall–Kier alpha value is -9.03. The van der Waals surface area contributed by atoms with Gasteiger partial charge < -0.3 is 46.1 Å². The maximum absolute atomic E-state index is 13.9. The van der Waals surface area contributed by atoms with E-state index in [0.29, 0.717) is 107 Å².